The van der Waals surface area contributed by atoms with E-state index in [0.29, 0.717) is 5.75 Å². The van der Waals surface area contributed by atoms with Crippen molar-refractivity contribution in [1.82, 2.24) is 14.6 Å². The fourth-order valence-corrected chi connectivity index (χ4v) is 3.87. The van der Waals surface area contributed by atoms with Crippen molar-refractivity contribution in [2.24, 2.45) is 5.10 Å². The Morgan fingerprint density at radius 1 is 1.16 bits per heavy atom. The number of hydrazone groups is 1. The Bertz CT molecular complexity index is 1310. The summed E-state index contributed by atoms with van der Waals surface area (Å²) in [6.07, 6.45) is 0.167. The first-order chi connectivity index (χ1) is 15.4. The minimum absolute atomic E-state index is 0.0644. The number of aromatic hydroxyl groups is 1. The summed E-state index contributed by atoms with van der Waals surface area (Å²) in [5.41, 5.74) is 0.0648. The lowest BCUT2D eigenvalue weighted by atomic mass is 9.98. The van der Waals surface area contributed by atoms with Crippen LogP contribution in [0.5, 0.6) is 11.6 Å². The minimum atomic E-state index is -0.764. The van der Waals surface area contributed by atoms with Gasteiger partial charge in [-0.25, -0.2) is 9.80 Å². The number of methoxy groups -OCH3 is 1. The maximum atomic E-state index is 12.7. The average Bonchev–Trinajstić information content (AvgIpc) is 3.22. The van der Waals surface area contributed by atoms with Crippen molar-refractivity contribution in [2.75, 3.05) is 7.11 Å². The molecule has 9 heteroatoms. The summed E-state index contributed by atoms with van der Waals surface area (Å²) >= 11 is 0. The van der Waals surface area contributed by atoms with Crippen molar-refractivity contribution < 1.29 is 14.6 Å². The molecule has 2 aromatic carbocycles. The number of carbonyl (C=O) groups is 1. The van der Waals surface area contributed by atoms with E-state index in [-0.39, 0.29) is 30.1 Å². The van der Waals surface area contributed by atoms with Crippen LogP contribution in [0.4, 0.5) is 0 Å². The maximum Gasteiger partial charge on any atom is 0.331 e. The van der Waals surface area contributed by atoms with Gasteiger partial charge in [-0.1, -0.05) is 48.5 Å². The molecule has 1 aromatic heterocycles. The second kappa shape index (κ2) is 8.54. The smallest absolute Gasteiger partial charge is 0.331 e. The zero-order valence-corrected chi connectivity index (χ0v) is 17.6. The number of carbonyl (C=O) groups excluding carboxylic acids is 1. The molecular weight excluding hydrogens is 412 g/mol. The number of aromatic amines is 1. The lowest BCUT2D eigenvalue weighted by Crippen LogP contribution is -2.34. The van der Waals surface area contributed by atoms with E-state index in [1.807, 2.05) is 36.4 Å². The summed E-state index contributed by atoms with van der Waals surface area (Å²) in [5, 5.41) is 16.5. The van der Waals surface area contributed by atoms with Crippen LogP contribution in [0.15, 0.2) is 69.3 Å². The highest BCUT2D eigenvalue weighted by Gasteiger charge is 2.35. The van der Waals surface area contributed by atoms with Crippen molar-refractivity contribution in [2.45, 2.75) is 25.9 Å². The lowest BCUT2D eigenvalue weighted by molar-refractivity contribution is -0.130. The van der Waals surface area contributed by atoms with Gasteiger partial charge < -0.3 is 9.84 Å². The van der Waals surface area contributed by atoms with Gasteiger partial charge in [0.1, 0.15) is 11.3 Å². The molecule has 1 atom stereocenters. The molecule has 0 bridgehead atoms. The molecule has 9 nitrogen and oxygen atoms in total. The number of amides is 1. The van der Waals surface area contributed by atoms with E-state index in [2.05, 4.69) is 10.1 Å². The third kappa shape index (κ3) is 3.80. The highest BCUT2D eigenvalue weighted by Crippen LogP contribution is 2.37. The zero-order chi connectivity index (χ0) is 22.8. The Morgan fingerprint density at radius 3 is 2.53 bits per heavy atom. The molecule has 4 rings (SSSR count). The van der Waals surface area contributed by atoms with Crippen molar-refractivity contribution in [3.8, 4) is 11.6 Å². The number of hydrogen-bond acceptors (Lipinski definition) is 6. The van der Waals surface area contributed by atoms with Gasteiger partial charge in [0.2, 0.25) is 11.8 Å². The van der Waals surface area contributed by atoms with E-state index >= 15 is 0 Å². The lowest BCUT2D eigenvalue weighted by Gasteiger charge is -2.22. The number of para-hydroxylation sites is 1. The molecule has 1 aliphatic rings. The van der Waals surface area contributed by atoms with E-state index in [9.17, 15) is 19.5 Å². The summed E-state index contributed by atoms with van der Waals surface area (Å²) in [4.78, 5) is 39.6. The molecule has 0 saturated carbocycles. The number of nitrogens with one attached hydrogen (secondary N) is 1. The van der Waals surface area contributed by atoms with Gasteiger partial charge in [0, 0.05) is 18.9 Å². The van der Waals surface area contributed by atoms with Crippen LogP contribution in [0.2, 0.25) is 0 Å². The number of H-pyrrole nitrogens is 1. The molecule has 0 unspecified atom stereocenters. The van der Waals surface area contributed by atoms with E-state index in [4.69, 9.17) is 4.74 Å². The van der Waals surface area contributed by atoms with E-state index in [1.54, 1.807) is 18.2 Å². The zero-order valence-electron chi connectivity index (χ0n) is 17.6. The molecule has 0 spiro atoms. The maximum absolute atomic E-state index is 12.7. The van der Waals surface area contributed by atoms with Crippen molar-refractivity contribution in [3.05, 3.63) is 92.1 Å². The van der Waals surface area contributed by atoms with Gasteiger partial charge in [0.25, 0.3) is 5.56 Å². The van der Waals surface area contributed by atoms with Crippen LogP contribution in [0.3, 0.4) is 0 Å². The summed E-state index contributed by atoms with van der Waals surface area (Å²) in [6, 6.07) is 15.8. The number of nitrogens with zero attached hydrogens (tertiary/aromatic N) is 3. The van der Waals surface area contributed by atoms with Crippen LogP contribution in [0.25, 0.3) is 0 Å². The van der Waals surface area contributed by atoms with Crippen molar-refractivity contribution in [3.63, 3.8) is 0 Å². The molecule has 2 N–H and O–H groups in total. The molecule has 0 saturated heterocycles. The van der Waals surface area contributed by atoms with E-state index < -0.39 is 23.2 Å². The average molecular weight is 434 g/mol. The Morgan fingerprint density at radius 2 is 1.84 bits per heavy atom. The normalized spacial score (nSPS) is 15.5. The van der Waals surface area contributed by atoms with Gasteiger partial charge >= 0.3 is 5.69 Å². The number of aromatic nitrogens is 2. The molecule has 3 aromatic rings. The first kappa shape index (κ1) is 21.1. The van der Waals surface area contributed by atoms with Crippen molar-refractivity contribution >= 4 is 11.6 Å². The summed E-state index contributed by atoms with van der Waals surface area (Å²) in [5.74, 6) is -0.248. The minimum Gasteiger partial charge on any atom is -0.496 e. The number of ether oxygens (including phenoxy) is 1. The van der Waals surface area contributed by atoms with Crippen molar-refractivity contribution in [1.29, 1.82) is 0 Å². The third-order valence-electron chi connectivity index (χ3n) is 5.37. The molecule has 2 heterocycles. The third-order valence-corrected chi connectivity index (χ3v) is 5.37. The molecule has 32 heavy (non-hydrogen) atoms. The predicted molar refractivity (Wildman–Crippen MR) is 118 cm³/mol. The van der Waals surface area contributed by atoms with Gasteiger partial charge in [-0.2, -0.15) is 5.10 Å². The number of benzene rings is 2. The fraction of sp³-hybridized carbons (Fsp3) is 0.217. The molecule has 1 amide bonds. The van der Waals surface area contributed by atoms with Gasteiger partial charge in [-0.05, 0) is 11.6 Å². The predicted octanol–water partition coefficient (Wildman–Crippen LogP) is 2.00. The van der Waals surface area contributed by atoms with Gasteiger partial charge in [-0.15, -0.1) is 0 Å². The van der Waals surface area contributed by atoms with E-state index in [0.717, 1.165) is 15.7 Å². The molecular formula is C23H22N4O5. The number of hydrogen-bond donors (Lipinski definition) is 2. The van der Waals surface area contributed by atoms with Gasteiger partial charge in [0.15, 0.2) is 0 Å². The standard InChI is InChI=1S/C23H22N4O5/c1-14(28)27-18(16-10-6-7-11-19(16)32-2)12-17(25-27)20-21(29)24-23(31)26(22(20)30)13-15-8-4-3-5-9-15/h3-11,18,30H,12-13H2,1-2H3,(H,24,29,31)/t18-/m0/s1. The Hall–Kier alpha value is -4.14. The SMILES string of the molecule is COc1ccccc1[C@@H]1CC(c2c(O)n(Cc3ccccc3)c(=O)[nH]c2=O)=NN1C(C)=O. The van der Waals surface area contributed by atoms with Crippen LogP contribution in [-0.2, 0) is 11.3 Å². The van der Waals surface area contributed by atoms with Crippen LogP contribution < -0.4 is 16.0 Å². The first-order valence-corrected chi connectivity index (χ1v) is 10.0. The Kier molecular flexibility index (Phi) is 5.63. The second-order valence-electron chi connectivity index (χ2n) is 7.40. The molecule has 0 fully saturated rings. The first-order valence-electron chi connectivity index (χ1n) is 10.0. The molecule has 1 aliphatic heterocycles. The van der Waals surface area contributed by atoms with Gasteiger partial charge in [-0.3, -0.25) is 19.1 Å². The topological polar surface area (TPSA) is 117 Å². The fourth-order valence-electron chi connectivity index (χ4n) is 3.87. The molecule has 164 valence electrons. The van der Waals surface area contributed by atoms with Gasteiger partial charge in [0.05, 0.1) is 25.4 Å². The van der Waals surface area contributed by atoms with Crippen LogP contribution in [0.1, 0.15) is 36.1 Å². The Balaban J connectivity index is 1.79. The summed E-state index contributed by atoms with van der Waals surface area (Å²) < 4.78 is 6.50. The molecule has 0 aliphatic carbocycles. The Labute approximate surface area is 183 Å². The highest BCUT2D eigenvalue weighted by molar-refractivity contribution is 6.04. The number of rotatable bonds is 5. The summed E-state index contributed by atoms with van der Waals surface area (Å²) in [6.45, 7) is 1.43. The second-order valence-corrected chi connectivity index (χ2v) is 7.40. The quantitative estimate of drug-likeness (QED) is 0.637. The molecule has 0 radical (unpaired) electrons. The monoisotopic (exact) mass is 434 g/mol. The van der Waals surface area contributed by atoms with Crippen LogP contribution in [-0.4, -0.2) is 38.4 Å². The van der Waals surface area contributed by atoms with E-state index in [1.165, 1.54) is 19.0 Å². The van der Waals surface area contributed by atoms with Crippen LogP contribution >= 0.6 is 0 Å². The summed E-state index contributed by atoms with van der Waals surface area (Å²) in [7, 11) is 1.53. The highest BCUT2D eigenvalue weighted by atomic mass is 16.5. The van der Waals surface area contributed by atoms with Crippen LogP contribution in [0, 0.1) is 0 Å². The largest absolute Gasteiger partial charge is 0.496 e.